The van der Waals surface area contributed by atoms with Crippen LogP contribution in [-0.2, 0) is 9.59 Å². The van der Waals surface area contributed by atoms with Crippen molar-refractivity contribution in [2.45, 2.75) is 19.8 Å². The third-order valence-electron chi connectivity index (χ3n) is 3.45. The molecule has 1 aliphatic rings. The van der Waals surface area contributed by atoms with Gasteiger partial charge in [0.25, 0.3) is 0 Å². The van der Waals surface area contributed by atoms with Crippen molar-refractivity contribution in [3.05, 3.63) is 18.2 Å². The summed E-state index contributed by atoms with van der Waals surface area (Å²) in [6.45, 7) is 3.10. The third-order valence-corrected chi connectivity index (χ3v) is 3.45. The number of carbonyl (C=O) groups is 2. The first-order valence-corrected chi connectivity index (χ1v) is 7.07. The molecule has 1 saturated heterocycles. The van der Waals surface area contributed by atoms with Gasteiger partial charge in [-0.15, -0.1) is 0 Å². The van der Waals surface area contributed by atoms with E-state index >= 15 is 0 Å². The molecule has 0 unspecified atom stereocenters. The molecular weight excluding hydrogens is 270 g/mol. The van der Waals surface area contributed by atoms with Crippen LogP contribution >= 0.6 is 0 Å². The summed E-state index contributed by atoms with van der Waals surface area (Å²) in [4.78, 5) is 23.4. The molecule has 1 aromatic carbocycles. The van der Waals surface area contributed by atoms with Crippen LogP contribution in [0.3, 0.4) is 0 Å². The molecule has 2 rings (SSSR count). The second-order valence-electron chi connectivity index (χ2n) is 5.13. The molecule has 114 valence electrons. The Morgan fingerprint density at radius 3 is 2.76 bits per heavy atom. The highest BCUT2D eigenvalue weighted by molar-refractivity contribution is 5.96. The number of hydrogen-bond acceptors (Lipinski definition) is 4. The minimum Gasteiger partial charge on any atom is -0.495 e. The van der Waals surface area contributed by atoms with Crippen LogP contribution in [0.25, 0.3) is 0 Å². The zero-order valence-electron chi connectivity index (χ0n) is 12.4. The Bertz CT molecular complexity index is 525. The zero-order valence-corrected chi connectivity index (χ0v) is 12.4. The van der Waals surface area contributed by atoms with Gasteiger partial charge >= 0.3 is 0 Å². The summed E-state index contributed by atoms with van der Waals surface area (Å²) in [6, 6.07) is 5.16. The van der Waals surface area contributed by atoms with E-state index in [0.717, 1.165) is 19.4 Å². The summed E-state index contributed by atoms with van der Waals surface area (Å²) in [7, 11) is 1.55. The fourth-order valence-electron chi connectivity index (χ4n) is 2.40. The fourth-order valence-corrected chi connectivity index (χ4v) is 2.40. The normalized spacial score (nSPS) is 17.9. The maximum absolute atomic E-state index is 12.3. The molecule has 1 atom stereocenters. The monoisotopic (exact) mass is 291 g/mol. The number of anilines is 2. The van der Waals surface area contributed by atoms with Crippen molar-refractivity contribution in [3.8, 4) is 5.75 Å². The topological polar surface area (TPSA) is 79.5 Å². The van der Waals surface area contributed by atoms with Gasteiger partial charge in [0, 0.05) is 19.2 Å². The van der Waals surface area contributed by atoms with E-state index in [0.29, 0.717) is 23.7 Å². The molecular formula is C15H21N3O3. The highest BCUT2D eigenvalue weighted by Crippen LogP contribution is 2.28. The van der Waals surface area contributed by atoms with E-state index in [1.807, 2.05) is 0 Å². The first-order valence-electron chi connectivity index (χ1n) is 7.07. The predicted octanol–water partition coefficient (Wildman–Crippen LogP) is 1.59. The van der Waals surface area contributed by atoms with Crippen molar-refractivity contribution in [3.63, 3.8) is 0 Å². The maximum atomic E-state index is 12.3. The lowest BCUT2D eigenvalue weighted by atomic mass is 9.99. The molecule has 0 radical (unpaired) electrons. The Kier molecular flexibility index (Phi) is 5.16. The van der Waals surface area contributed by atoms with Gasteiger partial charge in [0.2, 0.25) is 11.8 Å². The van der Waals surface area contributed by atoms with E-state index in [1.165, 1.54) is 6.92 Å². The van der Waals surface area contributed by atoms with Gasteiger partial charge in [-0.3, -0.25) is 9.59 Å². The lowest BCUT2D eigenvalue weighted by molar-refractivity contribution is -0.120. The second kappa shape index (κ2) is 7.08. The summed E-state index contributed by atoms with van der Waals surface area (Å²) < 4.78 is 5.25. The smallest absolute Gasteiger partial charge is 0.228 e. The lowest BCUT2D eigenvalue weighted by Crippen LogP contribution is -2.37. The Labute approximate surface area is 124 Å². The highest BCUT2D eigenvalue weighted by atomic mass is 16.5. The van der Waals surface area contributed by atoms with E-state index < -0.39 is 0 Å². The van der Waals surface area contributed by atoms with Crippen LogP contribution in [0, 0.1) is 5.92 Å². The Balaban J connectivity index is 2.12. The van der Waals surface area contributed by atoms with Crippen molar-refractivity contribution in [1.82, 2.24) is 5.32 Å². The average Bonchev–Trinajstić information content (AvgIpc) is 2.48. The molecule has 1 aromatic rings. The van der Waals surface area contributed by atoms with E-state index in [9.17, 15) is 9.59 Å². The number of carbonyl (C=O) groups excluding carboxylic acids is 2. The first kappa shape index (κ1) is 15.3. The molecule has 6 nitrogen and oxygen atoms in total. The molecule has 0 bridgehead atoms. The molecule has 0 aliphatic carbocycles. The molecule has 0 aromatic heterocycles. The minimum absolute atomic E-state index is 0.0273. The Morgan fingerprint density at radius 2 is 2.14 bits per heavy atom. The fraction of sp³-hybridized carbons (Fsp3) is 0.467. The van der Waals surface area contributed by atoms with Crippen LogP contribution in [0.5, 0.6) is 5.75 Å². The van der Waals surface area contributed by atoms with Crippen molar-refractivity contribution in [2.75, 3.05) is 30.8 Å². The molecule has 6 heteroatoms. The van der Waals surface area contributed by atoms with E-state index in [2.05, 4.69) is 16.0 Å². The van der Waals surface area contributed by atoms with Gasteiger partial charge in [-0.05, 0) is 37.6 Å². The van der Waals surface area contributed by atoms with E-state index in [-0.39, 0.29) is 17.7 Å². The quantitative estimate of drug-likeness (QED) is 0.787. The SMILES string of the molecule is COc1ccc(NC(C)=O)cc1NC(=O)[C@H]1CCCNC1. The number of methoxy groups -OCH3 is 1. The van der Waals surface area contributed by atoms with Gasteiger partial charge in [0.15, 0.2) is 0 Å². The van der Waals surface area contributed by atoms with Crippen molar-refractivity contribution in [2.24, 2.45) is 5.92 Å². The van der Waals surface area contributed by atoms with Crippen LogP contribution in [0.2, 0.25) is 0 Å². The highest BCUT2D eigenvalue weighted by Gasteiger charge is 2.21. The summed E-state index contributed by atoms with van der Waals surface area (Å²) in [5, 5.41) is 8.80. The van der Waals surface area contributed by atoms with Gasteiger partial charge in [-0.25, -0.2) is 0 Å². The third kappa shape index (κ3) is 4.19. The van der Waals surface area contributed by atoms with Crippen molar-refractivity contribution >= 4 is 23.2 Å². The molecule has 0 saturated carbocycles. The first-order chi connectivity index (χ1) is 10.1. The summed E-state index contributed by atoms with van der Waals surface area (Å²) in [5.74, 6) is 0.350. The van der Waals surface area contributed by atoms with Crippen LogP contribution in [0.15, 0.2) is 18.2 Å². The van der Waals surface area contributed by atoms with Crippen LogP contribution < -0.4 is 20.7 Å². The lowest BCUT2D eigenvalue weighted by Gasteiger charge is -2.22. The largest absolute Gasteiger partial charge is 0.495 e. The Morgan fingerprint density at radius 1 is 1.33 bits per heavy atom. The van der Waals surface area contributed by atoms with Gasteiger partial charge in [-0.1, -0.05) is 0 Å². The van der Waals surface area contributed by atoms with Gasteiger partial charge in [-0.2, -0.15) is 0 Å². The van der Waals surface area contributed by atoms with Crippen LogP contribution in [-0.4, -0.2) is 32.0 Å². The van der Waals surface area contributed by atoms with Gasteiger partial charge < -0.3 is 20.7 Å². The molecule has 3 N–H and O–H groups in total. The molecule has 1 fully saturated rings. The van der Waals surface area contributed by atoms with Crippen LogP contribution in [0.4, 0.5) is 11.4 Å². The summed E-state index contributed by atoms with van der Waals surface area (Å²) >= 11 is 0. The Hall–Kier alpha value is -2.08. The summed E-state index contributed by atoms with van der Waals surface area (Å²) in [6.07, 6.45) is 1.88. The number of hydrogen-bond donors (Lipinski definition) is 3. The number of rotatable bonds is 4. The number of piperidine rings is 1. The number of benzene rings is 1. The minimum atomic E-state index is -0.158. The maximum Gasteiger partial charge on any atom is 0.228 e. The van der Waals surface area contributed by atoms with Crippen molar-refractivity contribution in [1.29, 1.82) is 0 Å². The number of amides is 2. The predicted molar refractivity (Wildman–Crippen MR) is 81.5 cm³/mol. The van der Waals surface area contributed by atoms with Crippen molar-refractivity contribution < 1.29 is 14.3 Å². The number of nitrogens with one attached hydrogen (secondary N) is 3. The molecule has 2 amide bonds. The molecule has 1 heterocycles. The van der Waals surface area contributed by atoms with Gasteiger partial charge in [0.05, 0.1) is 18.7 Å². The molecule has 1 aliphatic heterocycles. The molecule has 21 heavy (non-hydrogen) atoms. The summed E-state index contributed by atoms with van der Waals surface area (Å²) in [5.41, 5.74) is 1.19. The van der Waals surface area contributed by atoms with Gasteiger partial charge in [0.1, 0.15) is 5.75 Å². The van der Waals surface area contributed by atoms with E-state index in [4.69, 9.17) is 4.74 Å². The molecule has 0 spiro atoms. The second-order valence-corrected chi connectivity index (χ2v) is 5.13. The average molecular weight is 291 g/mol. The number of ether oxygens (including phenoxy) is 1. The van der Waals surface area contributed by atoms with E-state index in [1.54, 1.807) is 25.3 Å². The standard InChI is InChI=1S/C15H21N3O3/c1-10(19)17-12-5-6-14(21-2)13(8-12)18-15(20)11-4-3-7-16-9-11/h5-6,8,11,16H,3-4,7,9H2,1-2H3,(H,17,19)(H,18,20)/t11-/m0/s1. The van der Waals surface area contributed by atoms with Crippen LogP contribution in [0.1, 0.15) is 19.8 Å². The zero-order chi connectivity index (χ0) is 15.2.